The quantitative estimate of drug-likeness (QED) is 0.899. The normalized spacial score (nSPS) is 17.6. The average Bonchev–Trinajstić information content (AvgIpc) is 2.28. The molecule has 1 heterocycles. The van der Waals surface area contributed by atoms with Gasteiger partial charge in [0, 0.05) is 13.7 Å². The van der Waals surface area contributed by atoms with Crippen LogP contribution in [0.2, 0.25) is 5.15 Å². The maximum atomic E-state index is 5.92. The lowest BCUT2D eigenvalue weighted by molar-refractivity contribution is -0.0601. The van der Waals surface area contributed by atoms with Crippen LogP contribution in [-0.4, -0.2) is 29.5 Å². The molecule has 1 aromatic rings. The highest BCUT2D eigenvalue weighted by Crippen LogP contribution is 2.35. The summed E-state index contributed by atoms with van der Waals surface area (Å²) in [6.45, 7) is 4.73. The van der Waals surface area contributed by atoms with Gasteiger partial charge >= 0.3 is 0 Å². The van der Waals surface area contributed by atoms with Crippen molar-refractivity contribution in [2.24, 2.45) is 0 Å². The Morgan fingerprint density at radius 2 is 2.00 bits per heavy atom. The number of hydrogen-bond donors (Lipinski definition) is 1. The summed E-state index contributed by atoms with van der Waals surface area (Å²) >= 11 is 5.92. The molecule has 1 fully saturated rings. The molecule has 1 saturated carbocycles. The highest BCUT2D eigenvalue weighted by Gasteiger charge is 2.36. The summed E-state index contributed by atoms with van der Waals surface area (Å²) in [7, 11) is 1.77. The van der Waals surface area contributed by atoms with Crippen LogP contribution in [0, 0.1) is 13.8 Å². The molecule has 0 spiro atoms. The standard InChI is InChI=1S/C12H18ClN3O/c1-8-9(2)11(16-15-10(8)13)14-7-12(17-3)5-4-6-12/h4-7H2,1-3H3,(H,14,16). The summed E-state index contributed by atoms with van der Waals surface area (Å²) in [6.07, 6.45) is 3.45. The van der Waals surface area contributed by atoms with Crippen LogP contribution in [-0.2, 0) is 4.74 Å². The van der Waals surface area contributed by atoms with Crippen molar-refractivity contribution in [1.29, 1.82) is 0 Å². The van der Waals surface area contributed by atoms with Gasteiger partial charge in [-0.1, -0.05) is 11.6 Å². The Hall–Kier alpha value is -0.870. The lowest BCUT2D eigenvalue weighted by atomic mass is 9.80. The highest BCUT2D eigenvalue weighted by atomic mass is 35.5. The molecule has 0 radical (unpaired) electrons. The number of anilines is 1. The molecule has 94 valence electrons. The molecule has 0 amide bonds. The van der Waals surface area contributed by atoms with Crippen LogP contribution in [0.15, 0.2) is 0 Å². The number of ether oxygens (including phenoxy) is 1. The molecule has 0 atom stereocenters. The molecule has 0 bridgehead atoms. The number of nitrogens with zero attached hydrogens (tertiary/aromatic N) is 2. The van der Waals surface area contributed by atoms with E-state index < -0.39 is 0 Å². The summed E-state index contributed by atoms with van der Waals surface area (Å²) in [5.74, 6) is 0.801. The zero-order valence-corrected chi connectivity index (χ0v) is 11.3. The van der Waals surface area contributed by atoms with E-state index in [2.05, 4.69) is 15.5 Å². The first-order valence-electron chi connectivity index (χ1n) is 5.86. The van der Waals surface area contributed by atoms with E-state index in [0.717, 1.165) is 36.3 Å². The second kappa shape index (κ2) is 4.78. The summed E-state index contributed by atoms with van der Waals surface area (Å²) in [5.41, 5.74) is 2.02. The molecule has 0 aromatic carbocycles. The van der Waals surface area contributed by atoms with Gasteiger partial charge in [0.25, 0.3) is 0 Å². The highest BCUT2D eigenvalue weighted by molar-refractivity contribution is 6.30. The van der Waals surface area contributed by atoms with Gasteiger partial charge in [-0.3, -0.25) is 0 Å². The number of halogens is 1. The van der Waals surface area contributed by atoms with Gasteiger partial charge in [-0.2, -0.15) is 0 Å². The van der Waals surface area contributed by atoms with Crippen molar-refractivity contribution < 1.29 is 4.74 Å². The van der Waals surface area contributed by atoms with Crippen molar-refractivity contribution in [3.05, 3.63) is 16.3 Å². The number of aromatic nitrogens is 2. The van der Waals surface area contributed by atoms with E-state index in [4.69, 9.17) is 16.3 Å². The first-order valence-corrected chi connectivity index (χ1v) is 6.24. The molecule has 0 aliphatic heterocycles. The van der Waals surface area contributed by atoms with E-state index in [-0.39, 0.29) is 5.60 Å². The Bertz CT molecular complexity index is 413. The van der Waals surface area contributed by atoms with Crippen molar-refractivity contribution in [1.82, 2.24) is 10.2 Å². The van der Waals surface area contributed by atoms with Crippen LogP contribution in [0.5, 0.6) is 0 Å². The van der Waals surface area contributed by atoms with Gasteiger partial charge in [0.15, 0.2) is 11.0 Å². The predicted octanol–water partition coefficient (Wildman–Crippen LogP) is 2.73. The molecule has 0 saturated heterocycles. The van der Waals surface area contributed by atoms with Crippen LogP contribution in [0.1, 0.15) is 30.4 Å². The maximum absolute atomic E-state index is 5.92. The van der Waals surface area contributed by atoms with E-state index in [9.17, 15) is 0 Å². The van der Waals surface area contributed by atoms with E-state index >= 15 is 0 Å². The third-order valence-corrected chi connectivity index (χ3v) is 4.10. The topological polar surface area (TPSA) is 47.0 Å². The molecule has 1 aliphatic rings. The number of rotatable bonds is 4. The largest absolute Gasteiger partial charge is 0.376 e. The summed E-state index contributed by atoms with van der Waals surface area (Å²) < 4.78 is 5.55. The Balaban J connectivity index is 2.07. The van der Waals surface area contributed by atoms with Crippen LogP contribution in [0.3, 0.4) is 0 Å². The Labute approximate surface area is 107 Å². The minimum absolute atomic E-state index is 0.0122. The third kappa shape index (κ3) is 2.38. The molecular weight excluding hydrogens is 238 g/mol. The van der Waals surface area contributed by atoms with Crippen molar-refractivity contribution in [2.45, 2.75) is 38.7 Å². The zero-order valence-electron chi connectivity index (χ0n) is 10.5. The number of nitrogens with one attached hydrogen (secondary N) is 1. The van der Waals surface area contributed by atoms with Gasteiger partial charge in [0.05, 0.1) is 5.60 Å². The molecule has 1 N–H and O–H groups in total. The molecule has 1 aliphatic carbocycles. The molecule has 0 unspecified atom stereocenters. The molecule has 2 rings (SSSR count). The summed E-state index contributed by atoms with van der Waals surface area (Å²) in [6, 6.07) is 0. The maximum Gasteiger partial charge on any atom is 0.155 e. The van der Waals surface area contributed by atoms with Gasteiger partial charge in [-0.05, 0) is 44.2 Å². The first kappa shape index (κ1) is 12.6. The van der Waals surface area contributed by atoms with Crippen LogP contribution in [0.25, 0.3) is 0 Å². The fourth-order valence-electron chi connectivity index (χ4n) is 2.01. The molecule has 4 nitrogen and oxygen atoms in total. The van der Waals surface area contributed by atoms with Crippen LogP contribution in [0.4, 0.5) is 5.82 Å². The SMILES string of the molecule is COC1(CNc2nnc(Cl)c(C)c2C)CCC1. The number of methoxy groups -OCH3 is 1. The Morgan fingerprint density at radius 1 is 1.29 bits per heavy atom. The van der Waals surface area contributed by atoms with E-state index in [1.54, 1.807) is 7.11 Å². The van der Waals surface area contributed by atoms with E-state index in [1.165, 1.54) is 6.42 Å². The number of hydrogen-bond acceptors (Lipinski definition) is 4. The molecule has 5 heteroatoms. The summed E-state index contributed by atoms with van der Waals surface area (Å²) in [4.78, 5) is 0. The Morgan fingerprint density at radius 3 is 2.53 bits per heavy atom. The third-order valence-electron chi connectivity index (χ3n) is 3.74. The second-order valence-corrected chi connectivity index (χ2v) is 5.04. The molecule has 1 aromatic heterocycles. The fourth-order valence-corrected chi connectivity index (χ4v) is 2.19. The van der Waals surface area contributed by atoms with Crippen molar-refractivity contribution in [3.8, 4) is 0 Å². The molecular formula is C12H18ClN3O. The zero-order chi connectivity index (χ0) is 12.5. The van der Waals surface area contributed by atoms with Gasteiger partial charge in [0.2, 0.25) is 0 Å². The average molecular weight is 256 g/mol. The van der Waals surface area contributed by atoms with Crippen LogP contribution < -0.4 is 5.32 Å². The lowest BCUT2D eigenvalue weighted by Crippen LogP contribution is -2.45. The smallest absolute Gasteiger partial charge is 0.155 e. The monoisotopic (exact) mass is 255 g/mol. The second-order valence-electron chi connectivity index (χ2n) is 4.68. The predicted molar refractivity (Wildman–Crippen MR) is 68.6 cm³/mol. The Kier molecular flexibility index (Phi) is 3.54. The van der Waals surface area contributed by atoms with Crippen molar-refractivity contribution >= 4 is 17.4 Å². The van der Waals surface area contributed by atoms with Gasteiger partial charge in [0.1, 0.15) is 0 Å². The molecule has 17 heavy (non-hydrogen) atoms. The van der Waals surface area contributed by atoms with Gasteiger partial charge in [-0.15, -0.1) is 10.2 Å². The van der Waals surface area contributed by atoms with E-state index in [1.807, 2.05) is 13.8 Å². The van der Waals surface area contributed by atoms with Crippen LogP contribution >= 0.6 is 11.6 Å². The lowest BCUT2D eigenvalue weighted by Gasteiger charge is -2.40. The minimum atomic E-state index is -0.0122. The fraction of sp³-hybridized carbons (Fsp3) is 0.667. The summed E-state index contributed by atoms with van der Waals surface area (Å²) in [5, 5.41) is 11.8. The van der Waals surface area contributed by atoms with Crippen molar-refractivity contribution in [3.63, 3.8) is 0 Å². The van der Waals surface area contributed by atoms with E-state index in [0.29, 0.717) is 5.15 Å². The van der Waals surface area contributed by atoms with Crippen molar-refractivity contribution in [2.75, 3.05) is 19.0 Å². The first-order chi connectivity index (χ1) is 8.08. The van der Waals surface area contributed by atoms with Gasteiger partial charge < -0.3 is 10.1 Å². The van der Waals surface area contributed by atoms with Gasteiger partial charge in [-0.25, -0.2) is 0 Å². The minimum Gasteiger partial charge on any atom is -0.376 e.